The topological polar surface area (TPSA) is 70.5 Å². The fourth-order valence-corrected chi connectivity index (χ4v) is 2.73. The van der Waals surface area contributed by atoms with Crippen molar-refractivity contribution in [2.45, 2.75) is 33.6 Å². The van der Waals surface area contributed by atoms with Gasteiger partial charge in [0.25, 0.3) is 0 Å². The van der Waals surface area contributed by atoms with E-state index >= 15 is 0 Å². The molecule has 18 heavy (non-hydrogen) atoms. The lowest BCUT2D eigenvalue weighted by atomic mass is 10.3. The lowest BCUT2D eigenvalue weighted by molar-refractivity contribution is -0.136. The zero-order valence-corrected chi connectivity index (χ0v) is 11.7. The molecule has 0 radical (unpaired) electrons. The second-order valence-corrected chi connectivity index (χ2v) is 5.10. The Morgan fingerprint density at radius 3 is 2.39 bits per heavy atom. The zero-order chi connectivity index (χ0) is 13.7. The van der Waals surface area contributed by atoms with Gasteiger partial charge < -0.3 is 10.0 Å². The van der Waals surface area contributed by atoms with Gasteiger partial charge in [0.05, 0.1) is 18.5 Å². The Morgan fingerprint density at radius 1 is 1.28 bits per heavy atom. The molecule has 1 N–H and O–H groups in total. The molecule has 0 aliphatic rings. The van der Waals surface area contributed by atoms with Crippen LogP contribution in [0.1, 0.15) is 29.4 Å². The van der Waals surface area contributed by atoms with Crippen molar-refractivity contribution in [3.63, 3.8) is 0 Å². The Hall–Kier alpha value is -1.43. The number of aryl methyl sites for hydroxylation is 1. The minimum absolute atomic E-state index is 0.0248. The molecule has 0 atom stereocenters. The molecule has 6 heteroatoms. The molecule has 1 rings (SSSR count). The second kappa shape index (κ2) is 6.49. The van der Waals surface area contributed by atoms with Gasteiger partial charge in [0, 0.05) is 18.0 Å². The molecular weight excluding hydrogens is 252 g/mol. The third-order valence-electron chi connectivity index (χ3n) is 2.67. The summed E-state index contributed by atoms with van der Waals surface area (Å²) in [4.78, 5) is 29.3. The molecule has 0 aromatic carbocycles. The summed E-state index contributed by atoms with van der Waals surface area (Å²) in [5.41, 5.74) is 0.713. The summed E-state index contributed by atoms with van der Waals surface area (Å²) in [5, 5.41) is 9.45. The van der Waals surface area contributed by atoms with Crippen LogP contribution in [-0.4, -0.2) is 40.0 Å². The van der Waals surface area contributed by atoms with E-state index in [-0.39, 0.29) is 18.7 Å². The Kier molecular flexibility index (Phi) is 5.27. The van der Waals surface area contributed by atoms with Crippen molar-refractivity contribution in [2.24, 2.45) is 0 Å². The number of carbonyl (C=O) groups is 2. The maximum absolute atomic E-state index is 11.9. The van der Waals surface area contributed by atoms with Gasteiger partial charge in [-0.1, -0.05) is 0 Å². The molecule has 0 saturated heterocycles. The van der Waals surface area contributed by atoms with Crippen LogP contribution >= 0.6 is 11.3 Å². The highest BCUT2D eigenvalue weighted by molar-refractivity contribution is 7.11. The van der Waals surface area contributed by atoms with Gasteiger partial charge in [-0.05, 0) is 20.8 Å². The van der Waals surface area contributed by atoms with E-state index < -0.39 is 5.97 Å². The third kappa shape index (κ3) is 3.80. The summed E-state index contributed by atoms with van der Waals surface area (Å²) >= 11 is 1.32. The molecule has 100 valence electrons. The van der Waals surface area contributed by atoms with Gasteiger partial charge in [0.1, 0.15) is 5.01 Å². The molecule has 0 aliphatic heterocycles. The van der Waals surface area contributed by atoms with Crippen molar-refractivity contribution in [2.75, 3.05) is 13.1 Å². The van der Waals surface area contributed by atoms with Gasteiger partial charge in [0.2, 0.25) is 5.91 Å². The van der Waals surface area contributed by atoms with Crippen LogP contribution < -0.4 is 0 Å². The third-order valence-corrected chi connectivity index (χ3v) is 3.82. The van der Waals surface area contributed by atoms with Crippen LogP contribution in [0.25, 0.3) is 0 Å². The van der Waals surface area contributed by atoms with Crippen molar-refractivity contribution < 1.29 is 14.7 Å². The number of carboxylic acid groups (broad SMARTS) is 1. The van der Waals surface area contributed by atoms with Gasteiger partial charge in [0.15, 0.2) is 0 Å². The maximum atomic E-state index is 11.9. The predicted molar refractivity (Wildman–Crippen MR) is 69.8 cm³/mol. The van der Waals surface area contributed by atoms with Crippen LogP contribution in [0.3, 0.4) is 0 Å². The normalized spacial score (nSPS) is 10.4. The number of aromatic nitrogens is 1. The summed E-state index contributed by atoms with van der Waals surface area (Å²) in [6, 6.07) is 0. The Balaban J connectivity index is 2.74. The van der Waals surface area contributed by atoms with Crippen LogP contribution in [0, 0.1) is 6.92 Å². The minimum atomic E-state index is -0.872. The van der Waals surface area contributed by atoms with Crippen LogP contribution in [0.2, 0.25) is 0 Å². The fourth-order valence-electron chi connectivity index (χ4n) is 1.68. The lowest BCUT2D eigenvalue weighted by Gasteiger charge is -2.17. The average molecular weight is 270 g/mol. The molecule has 5 nitrogen and oxygen atoms in total. The summed E-state index contributed by atoms with van der Waals surface area (Å²) in [5.74, 6) is -0.834. The summed E-state index contributed by atoms with van der Waals surface area (Å²) < 4.78 is 0. The van der Waals surface area contributed by atoms with E-state index in [0.29, 0.717) is 23.8 Å². The van der Waals surface area contributed by atoms with Crippen LogP contribution in [0.5, 0.6) is 0 Å². The molecule has 1 aromatic rings. The van der Waals surface area contributed by atoms with Crippen molar-refractivity contribution >= 4 is 23.2 Å². The Morgan fingerprint density at radius 2 is 1.89 bits per heavy atom. The maximum Gasteiger partial charge on any atom is 0.308 e. The van der Waals surface area contributed by atoms with Gasteiger partial charge in [-0.2, -0.15) is 0 Å². The number of carboxylic acids is 1. The van der Waals surface area contributed by atoms with E-state index in [9.17, 15) is 9.59 Å². The minimum Gasteiger partial charge on any atom is -0.481 e. The lowest BCUT2D eigenvalue weighted by Crippen LogP contribution is -2.31. The zero-order valence-electron chi connectivity index (χ0n) is 10.9. The highest BCUT2D eigenvalue weighted by atomic mass is 32.1. The number of hydrogen-bond donors (Lipinski definition) is 1. The number of rotatable bonds is 6. The molecule has 0 fully saturated rings. The second-order valence-electron chi connectivity index (χ2n) is 3.93. The Labute approximate surface area is 110 Å². The van der Waals surface area contributed by atoms with Gasteiger partial charge in [-0.15, -0.1) is 11.3 Å². The van der Waals surface area contributed by atoms with Gasteiger partial charge in [-0.25, -0.2) is 4.98 Å². The number of thiazole rings is 1. The number of carbonyl (C=O) groups excluding carboxylic acids is 1. The molecule has 0 bridgehead atoms. The highest BCUT2D eigenvalue weighted by Gasteiger charge is 2.16. The van der Waals surface area contributed by atoms with Crippen LogP contribution in [0.15, 0.2) is 0 Å². The molecule has 1 aromatic heterocycles. The largest absolute Gasteiger partial charge is 0.481 e. The number of aliphatic carboxylic acids is 1. The van der Waals surface area contributed by atoms with Gasteiger partial charge >= 0.3 is 5.97 Å². The van der Waals surface area contributed by atoms with E-state index in [1.807, 2.05) is 13.8 Å². The standard InChI is InChI=1S/C12H18N2O3S/c1-4-14(5-2)11(15)7-10-13-8(3)9(18-10)6-12(16)17/h4-7H2,1-3H3,(H,16,17). The average Bonchev–Trinajstić information content (AvgIpc) is 2.59. The quantitative estimate of drug-likeness (QED) is 0.850. The van der Waals surface area contributed by atoms with Crippen LogP contribution in [0.4, 0.5) is 0 Å². The number of nitrogens with zero attached hydrogens (tertiary/aromatic N) is 2. The first kappa shape index (κ1) is 14.6. The van der Waals surface area contributed by atoms with Gasteiger partial charge in [-0.3, -0.25) is 9.59 Å². The smallest absolute Gasteiger partial charge is 0.308 e. The fraction of sp³-hybridized carbons (Fsp3) is 0.583. The van der Waals surface area contributed by atoms with E-state index in [4.69, 9.17) is 5.11 Å². The monoisotopic (exact) mass is 270 g/mol. The predicted octanol–water partition coefficient (Wildman–Crippen LogP) is 1.49. The SMILES string of the molecule is CCN(CC)C(=O)Cc1nc(C)c(CC(=O)O)s1. The van der Waals surface area contributed by atoms with E-state index in [1.54, 1.807) is 11.8 Å². The van der Waals surface area contributed by atoms with Crippen molar-refractivity contribution in [1.29, 1.82) is 0 Å². The molecular formula is C12H18N2O3S. The van der Waals surface area contributed by atoms with Crippen molar-refractivity contribution in [1.82, 2.24) is 9.88 Å². The Bertz CT molecular complexity index is 439. The summed E-state index contributed by atoms with van der Waals surface area (Å²) in [6.45, 7) is 7.01. The van der Waals surface area contributed by atoms with Crippen molar-refractivity contribution in [3.05, 3.63) is 15.6 Å². The van der Waals surface area contributed by atoms with E-state index in [1.165, 1.54) is 11.3 Å². The molecule has 1 amide bonds. The number of likely N-dealkylation sites (N-methyl/N-ethyl adjacent to an activating group) is 1. The molecule has 0 saturated carbocycles. The first-order valence-corrected chi connectivity index (χ1v) is 6.74. The molecule has 0 aliphatic carbocycles. The molecule has 0 unspecified atom stereocenters. The van der Waals surface area contributed by atoms with E-state index in [0.717, 1.165) is 4.88 Å². The molecule has 0 spiro atoms. The van der Waals surface area contributed by atoms with Crippen molar-refractivity contribution in [3.8, 4) is 0 Å². The summed E-state index contributed by atoms with van der Waals surface area (Å²) in [7, 11) is 0. The highest BCUT2D eigenvalue weighted by Crippen LogP contribution is 2.19. The van der Waals surface area contributed by atoms with E-state index in [2.05, 4.69) is 4.98 Å². The molecule has 1 heterocycles. The number of hydrogen-bond acceptors (Lipinski definition) is 4. The summed E-state index contributed by atoms with van der Waals surface area (Å²) in [6.07, 6.45) is 0.232. The van der Waals surface area contributed by atoms with Crippen LogP contribution in [-0.2, 0) is 22.4 Å². The number of amides is 1. The first-order chi connectivity index (χ1) is 8.47. The first-order valence-electron chi connectivity index (χ1n) is 5.92.